The van der Waals surface area contributed by atoms with E-state index in [-0.39, 0.29) is 30.1 Å². The second kappa shape index (κ2) is 9.91. The molecule has 0 bridgehead atoms. The molecular weight excluding hydrogens is 388 g/mol. The van der Waals surface area contributed by atoms with Crippen molar-refractivity contribution < 1.29 is 4.79 Å². The number of ketones is 1. The van der Waals surface area contributed by atoms with Crippen molar-refractivity contribution in [2.45, 2.75) is 0 Å². The lowest BCUT2D eigenvalue weighted by Gasteiger charge is -2.06. The van der Waals surface area contributed by atoms with Gasteiger partial charge in [-0.2, -0.15) is 0 Å². The van der Waals surface area contributed by atoms with Crippen LogP contribution in [0.5, 0.6) is 0 Å². The highest BCUT2D eigenvalue weighted by molar-refractivity contribution is 6.09. The van der Waals surface area contributed by atoms with Crippen LogP contribution in [-0.4, -0.2) is 17.7 Å². The van der Waals surface area contributed by atoms with Crippen LogP contribution < -0.4 is 22.5 Å². The first-order valence-corrected chi connectivity index (χ1v) is 8.52. The van der Waals surface area contributed by atoms with Crippen molar-refractivity contribution in [2.24, 2.45) is 27.2 Å². The Labute approximate surface area is 174 Å². The number of rotatable bonds is 5. The first-order valence-electron chi connectivity index (χ1n) is 8.52. The van der Waals surface area contributed by atoms with Crippen molar-refractivity contribution in [1.29, 1.82) is 0 Å². The number of nitrogens with zero attached hydrogens (tertiary/aromatic N) is 2. The molecule has 7 N–H and O–H groups in total. The van der Waals surface area contributed by atoms with Crippen LogP contribution in [0.15, 0.2) is 88.8 Å². The van der Waals surface area contributed by atoms with E-state index in [0.29, 0.717) is 22.5 Å². The zero-order chi connectivity index (χ0) is 19.9. The summed E-state index contributed by atoms with van der Waals surface area (Å²) in [4.78, 5) is 20.9. The number of hydrogen-bond donors (Lipinski definition) is 4. The number of carbonyl (C=O) groups is 1. The molecule has 3 aromatic carbocycles. The maximum absolute atomic E-state index is 12.7. The number of para-hydroxylation sites is 1. The SMILES string of the molecule is Cl.NC(N)=Nc1cccc(C(=O)c2ccc(N=C(N)Nc3ccccc3)cc2)c1. The van der Waals surface area contributed by atoms with E-state index in [0.717, 1.165) is 5.69 Å². The first-order chi connectivity index (χ1) is 13.5. The van der Waals surface area contributed by atoms with Gasteiger partial charge in [-0.05, 0) is 48.5 Å². The Morgan fingerprint density at radius 2 is 1.41 bits per heavy atom. The van der Waals surface area contributed by atoms with Crippen LogP contribution in [0.3, 0.4) is 0 Å². The van der Waals surface area contributed by atoms with Gasteiger partial charge >= 0.3 is 0 Å². The standard InChI is InChI=1S/C21H20N6O.ClH/c22-20(23)25-18-8-4-5-15(13-18)19(28)14-9-11-17(12-10-14)27-21(24)26-16-6-2-1-3-7-16;/h1-13H,(H4,22,23,25)(H3,24,26,27);1H. The van der Waals surface area contributed by atoms with Crippen molar-refractivity contribution >= 4 is 47.2 Å². The number of aliphatic imine (C=N–C) groups is 2. The van der Waals surface area contributed by atoms with Gasteiger partial charge in [-0.15, -0.1) is 12.4 Å². The predicted molar refractivity (Wildman–Crippen MR) is 120 cm³/mol. The molecule has 0 aliphatic rings. The van der Waals surface area contributed by atoms with Gasteiger partial charge in [0.1, 0.15) is 0 Å². The van der Waals surface area contributed by atoms with E-state index in [1.54, 1.807) is 48.5 Å². The third-order valence-corrected chi connectivity index (χ3v) is 3.79. The summed E-state index contributed by atoms with van der Waals surface area (Å²) in [6, 6.07) is 23.1. The van der Waals surface area contributed by atoms with Gasteiger partial charge in [0.15, 0.2) is 17.7 Å². The first kappa shape index (κ1) is 21.5. The van der Waals surface area contributed by atoms with Crippen molar-refractivity contribution in [1.82, 2.24) is 0 Å². The fourth-order valence-electron chi connectivity index (χ4n) is 2.56. The van der Waals surface area contributed by atoms with Gasteiger partial charge in [0, 0.05) is 16.8 Å². The summed E-state index contributed by atoms with van der Waals surface area (Å²) in [6.07, 6.45) is 0. The molecule has 0 aromatic heterocycles. The van der Waals surface area contributed by atoms with E-state index in [2.05, 4.69) is 15.3 Å². The number of halogens is 1. The van der Waals surface area contributed by atoms with Crippen molar-refractivity contribution in [3.63, 3.8) is 0 Å². The molecule has 0 saturated heterocycles. The van der Waals surface area contributed by atoms with E-state index < -0.39 is 0 Å². The van der Waals surface area contributed by atoms with E-state index in [9.17, 15) is 4.79 Å². The Bertz CT molecular complexity index is 1030. The molecule has 0 amide bonds. The predicted octanol–water partition coefficient (Wildman–Crippen LogP) is 3.30. The van der Waals surface area contributed by atoms with Crippen molar-refractivity contribution in [3.8, 4) is 0 Å². The molecule has 0 saturated carbocycles. The zero-order valence-electron chi connectivity index (χ0n) is 15.4. The molecule has 0 atom stereocenters. The molecular formula is C21H21ClN6O. The summed E-state index contributed by atoms with van der Waals surface area (Å²) in [5, 5.41) is 3.00. The molecule has 8 heteroatoms. The largest absolute Gasteiger partial charge is 0.370 e. The van der Waals surface area contributed by atoms with Crippen LogP contribution in [-0.2, 0) is 0 Å². The number of nitrogens with two attached hydrogens (primary N) is 3. The summed E-state index contributed by atoms with van der Waals surface area (Å²) in [7, 11) is 0. The molecule has 29 heavy (non-hydrogen) atoms. The molecule has 0 fully saturated rings. The van der Waals surface area contributed by atoms with Gasteiger partial charge in [0.2, 0.25) is 0 Å². The average Bonchev–Trinajstić information content (AvgIpc) is 2.68. The maximum Gasteiger partial charge on any atom is 0.198 e. The minimum Gasteiger partial charge on any atom is -0.370 e. The number of benzene rings is 3. The normalized spacial score (nSPS) is 10.6. The molecule has 148 valence electrons. The lowest BCUT2D eigenvalue weighted by Crippen LogP contribution is -2.21. The lowest BCUT2D eigenvalue weighted by molar-refractivity contribution is 0.103. The summed E-state index contributed by atoms with van der Waals surface area (Å²) in [5.41, 5.74) is 19.7. The van der Waals surface area contributed by atoms with Gasteiger partial charge in [0.05, 0.1) is 11.4 Å². The van der Waals surface area contributed by atoms with Crippen molar-refractivity contribution in [3.05, 3.63) is 90.0 Å². The topological polar surface area (TPSA) is 132 Å². The lowest BCUT2D eigenvalue weighted by atomic mass is 10.0. The van der Waals surface area contributed by atoms with Gasteiger partial charge < -0.3 is 22.5 Å². The van der Waals surface area contributed by atoms with E-state index in [1.165, 1.54) is 0 Å². The second-order valence-corrected chi connectivity index (χ2v) is 5.95. The summed E-state index contributed by atoms with van der Waals surface area (Å²) in [5.74, 6) is 0.0577. The fraction of sp³-hybridized carbons (Fsp3) is 0. The molecule has 0 aliphatic carbocycles. The number of nitrogens with one attached hydrogen (secondary N) is 1. The quantitative estimate of drug-likeness (QED) is 0.292. The van der Waals surface area contributed by atoms with E-state index in [4.69, 9.17) is 17.2 Å². The molecule has 3 aromatic rings. The number of guanidine groups is 2. The van der Waals surface area contributed by atoms with Crippen LogP contribution in [0, 0.1) is 0 Å². The van der Waals surface area contributed by atoms with Crippen LogP contribution >= 0.6 is 12.4 Å². The zero-order valence-corrected chi connectivity index (χ0v) is 16.3. The Morgan fingerprint density at radius 3 is 2.07 bits per heavy atom. The Hall–Kier alpha value is -3.84. The van der Waals surface area contributed by atoms with Crippen LogP contribution in [0.1, 0.15) is 15.9 Å². The van der Waals surface area contributed by atoms with Gasteiger partial charge in [0.25, 0.3) is 0 Å². The van der Waals surface area contributed by atoms with Gasteiger partial charge in [-0.1, -0.05) is 30.3 Å². The second-order valence-electron chi connectivity index (χ2n) is 5.95. The smallest absolute Gasteiger partial charge is 0.198 e. The maximum atomic E-state index is 12.7. The van der Waals surface area contributed by atoms with E-state index >= 15 is 0 Å². The Kier molecular flexibility index (Phi) is 7.33. The summed E-state index contributed by atoms with van der Waals surface area (Å²) in [6.45, 7) is 0. The fourth-order valence-corrected chi connectivity index (χ4v) is 2.56. The highest BCUT2D eigenvalue weighted by atomic mass is 35.5. The Balaban J connectivity index is 0.00000300. The molecule has 0 spiro atoms. The average molecular weight is 409 g/mol. The van der Waals surface area contributed by atoms with Gasteiger partial charge in [-0.25, -0.2) is 9.98 Å². The minimum absolute atomic E-state index is 0. The molecule has 0 radical (unpaired) electrons. The van der Waals surface area contributed by atoms with E-state index in [1.807, 2.05) is 30.3 Å². The Morgan fingerprint density at radius 1 is 0.724 bits per heavy atom. The molecule has 0 unspecified atom stereocenters. The monoisotopic (exact) mass is 408 g/mol. The van der Waals surface area contributed by atoms with Crippen LogP contribution in [0.4, 0.5) is 17.1 Å². The van der Waals surface area contributed by atoms with Crippen molar-refractivity contribution in [2.75, 3.05) is 5.32 Å². The molecule has 0 heterocycles. The third-order valence-electron chi connectivity index (χ3n) is 3.79. The molecule has 3 rings (SSSR count). The summed E-state index contributed by atoms with van der Waals surface area (Å²) < 4.78 is 0. The molecule has 0 aliphatic heterocycles. The number of anilines is 1. The highest BCUT2D eigenvalue weighted by Crippen LogP contribution is 2.19. The number of hydrogen-bond acceptors (Lipinski definition) is 3. The third kappa shape index (κ3) is 6.08. The number of carbonyl (C=O) groups excluding carboxylic acids is 1. The van der Waals surface area contributed by atoms with Gasteiger partial charge in [-0.3, -0.25) is 4.79 Å². The molecule has 7 nitrogen and oxygen atoms in total. The van der Waals surface area contributed by atoms with Crippen LogP contribution in [0.2, 0.25) is 0 Å². The summed E-state index contributed by atoms with van der Waals surface area (Å²) >= 11 is 0. The minimum atomic E-state index is -0.140. The van der Waals surface area contributed by atoms with Crippen LogP contribution in [0.25, 0.3) is 0 Å². The highest BCUT2D eigenvalue weighted by Gasteiger charge is 2.09.